The van der Waals surface area contributed by atoms with Crippen LogP contribution in [0.15, 0.2) is 42.6 Å². The van der Waals surface area contributed by atoms with Crippen molar-refractivity contribution in [3.05, 3.63) is 53.9 Å². The summed E-state index contributed by atoms with van der Waals surface area (Å²) in [5.41, 5.74) is 4.16. The van der Waals surface area contributed by atoms with Gasteiger partial charge in [-0.1, -0.05) is 6.07 Å². The maximum Gasteiger partial charge on any atom is 0.227 e. The number of nitrogens with zero attached hydrogens (tertiary/aromatic N) is 4. The van der Waals surface area contributed by atoms with E-state index in [2.05, 4.69) is 20.3 Å². The number of carbonyl (C=O) groups excluding carboxylic acids is 1. The molecule has 7 heteroatoms. The molecular formula is C22H23N5O2. The summed E-state index contributed by atoms with van der Waals surface area (Å²) in [6, 6.07) is 11.4. The average molecular weight is 389 g/mol. The molecule has 0 bridgehead atoms. The molecule has 4 rings (SSSR count). The Morgan fingerprint density at radius 1 is 1.14 bits per heavy atom. The summed E-state index contributed by atoms with van der Waals surface area (Å²) in [7, 11) is 1.61. The molecule has 0 radical (unpaired) electrons. The van der Waals surface area contributed by atoms with Gasteiger partial charge in [-0.25, -0.2) is 9.97 Å². The fourth-order valence-corrected chi connectivity index (χ4v) is 3.38. The molecule has 3 heterocycles. The number of hydrogen-bond acceptors (Lipinski definition) is 6. The van der Waals surface area contributed by atoms with E-state index in [1.165, 1.54) is 0 Å². The molecule has 3 aromatic rings. The number of hydrogen-bond donors (Lipinski definition) is 1. The third kappa shape index (κ3) is 3.76. The van der Waals surface area contributed by atoms with Crippen molar-refractivity contribution in [3.8, 4) is 17.3 Å². The zero-order chi connectivity index (χ0) is 20.4. The predicted octanol–water partition coefficient (Wildman–Crippen LogP) is 4.03. The predicted molar refractivity (Wildman–Crippen MR) is 113 cm³/mol. The van der Waals surface area contributed by atoms with E-state index in [0.717, 1.165) is 34.7 Å². The molecule has 148 valence electrons. The summed E-state index contributed by atoms with van der Waals surface area (Å²) in [5, 5.41) is 3.38. The van der Waals surface area contributed by atoms with Crippen molar-refractivity contribution >= 4 is 23.1 Å². The van der Waals surface area contributed by atoms with Gasteiger partial charge in [-0.15, -0.1) is 0 Å². The summed E-state index contributed by atoms with van der Waals surface area (Å²) >= 11 is 0. The number of nitrogens with one attached hydrogen (secondary N) is 1. The molecule has 1 aliphatic heterocycles. The molecule has 1 N–H and O–H groups in total. The molecule has 0 saturated carbocycles. The second-order valence-electron chi connectivity index (χ2n) is 6.98. The summed E-state index contributed by atoms with van der Waals surface area (Å²) in [6.07, 6.45) is 3.15. The zero-order valence-electron chi connectivity index (χ0n) is 16.8. The highest BCUT2D eigenvalue weighted by atomic mass is 16.5. The van der Waals surface area contributed by atoms with E-state index in [0.29, 0.717) is 30.4 Å². The lowest BCUT2D eigenvalue weighted by Gasteiger charge is -2.20. The Kier molecular flexibility index (Phi) is 5.12. The minimum Gasteiger partial charge on any atom is -0.495 e. The molecule has 1 fully saturated rings. The van der Waals surface area contributed by atoms with E-state index in [1.807, 2.05) is 50.2 Å². The second kappa shape index (κ2) is 7.87. The van der Waals surface area contributed by atoms with E-state index in [9.17, 15) is 4.79 Å². The number of carbonyl (C=O) groups is 1. The van der Waals surface area contributed by atoms with Crippen LogP contribution >= 0.6 is 0 Å². The first-order valence-corrected chi connectivity index (χ1v) is 9.59. The number of methoxy groups -OCH3 is 1. The number of anilines is 3. The molecule has 0 aliphatic carbocycles. The first kappa shape index (κ1) is 18.9. The van der Waals surface area contributed by atoms with Gasteiger partial charge in [0.05, 0.1) is 12.8 Å². The number of pyridine rings is 1. The van der Waals surface area contributed by atoms with Crippen molar-refractivity contribution in [2.75, 3.05) is 23.9 Å². The van der Waals surface area contributed by atoms with E-state index in [1.54, 1.807) is 18.2 Å². The van der Waals surface area contributed by atoms with Crippen molar-refractivity contribution in [3.63, 3.8) is 0 Å². The summed E-state index contributed by atoms with van der Waals surface area (Å²) in [4.78, 5) is 27.6. The van der Waals surface area contributed by atoms with Gasteiger partial charge in [0, 0.05) is 36.1 Å². The highest BCUT2D eigenvalue weighted by molar-refractivity contribution is 5.97. The standard InChI is InChI=1S/C22H23N5O2/c1-14-15(2)24-22(17-7-4-5-11-23-17)26-21(14)25-16-9-10-19(29-3)18(13-16)27-12-6-8-20(27)28/h4-5,7,9-11,13H,6,8,12H2,1-3H3,(H,24,25,26). The van der Waals surface area contributed by atoms with E-state index in [-0.39, 0.29) is 5.91 Å². The Hall–Kier alpha value is -3.48. The van der Waals surface area contributed by atoms with Crippen LogP contribution in [0.1, 0.15) is 24.1 Å². The van der Waals surface area contributed by atoms with Crippen LogP contribution in [-0.2, 0) is 4.79 Å². The quantitative estimate of drug-likeness (QED) is 0.709. The van der Waals surface area contributed by atoms with Crippen LogP contribution in [-0.4, -0.2) is 34.5 Å². The number of ether oxygens (including phenoxy) is 1. The largest absolute Gasteiger partial charge is 0.495 e. The number of aryl methyl sites for hydroxylation is 1. The second-order valence-corrected chi connectivity index (χ2v) is 6.98. The molecule has 1 aromatic carbocycles. The van der Waals surface area contributed by atoms with E-state index >= 15 is 0 Å². The van der Waals surface area contributed by atoms with Crippen LogP contribution < -0.4 is 15.0 Å². The van der Waals surface area contributed by atoms with Gasteiger partial charge in [-0.3, -0.25) is 9.78 Å². The number of amides is 1. The van der Waals surface area contributed by atoms with Crippen molar-refractivity contribution in [1.82, 2.24) is 15.0 Å². The normalized spacial score (nSPS) is 13.6. The molecule has 7 nitrogen and oxygen atoms in total. The van der Waals surface area contributed by atoms with Crippen molar-refractivity contribution < 1.29 is 9.53 Å². The molecule has 0 unspecified atom stereocenters. The Balaban J connectivity index is 1.71. The molecule has 2 aromatic heterocycles. The monoisotopic (exact) mass is 389 g/mol. The van der Waals surface area contributed by atoms with Gasteiger partial charge in [0.1, 0.15) is 17.3 Å². The Morgan fingerprint density at radius 2 is 2.00 bits per heavy atom. The van der Waals surface area contributed by atoms with Crippen molar-refractivity contribution in [2.24, 2.45) is 0 Å². The Bertz CT molecular complexity index is 1050. The van der Waals surface area contributed by atoms with E-state index < -0.39 is 0 Å². The molecule has 1 amide bonds. The van der Waals surface area contributed by atoms with E-state index in [4.69, 9.17) is 4.74 Å². The minimum atomic E-state index is 0.118. The van der Waals surface area contributed by atoms with Crippen LogP contribution in [0.4, 0.5) is 17.2 Å². The molecule has 1 aliphatic rings. The molecule has 1 saturated heterocycles. The van der Waals surface area contributed by atoms with Gasteiger partial charge in [-0.2, -0.15) is 0 Å². The Morgan fingerprint density at radius 3 is 2.69 bits per heavy atom. The highest BCUT2D eigenvalue weighted by Crippen LogP contribution is 2.35. The lowest BCUT2D eigenvalue weighted by molar-refractivity contribution is -0.117. The lowest BCUT2D eigenvalue weighted by Crippen LogP contribution is -2.24. The summed E-state index contributed by atoms with van der Waals surface area (Å²) in [6.45, 7) is 4.64. The van der Waals surface area contributed by atoms with Gasteiger partial charge in [0.2, 0.25) is 5.91 Å². The Labute approximate surface area is 169 Å². The van der Waals surface area contributed by atoms with Gasteiger partial charge < -0.3 is 15.0 Å². The van der Waals surface area contributed by atoms with Gasteiger partial charge in [0.25, 0.3) is 0 Å². The van der Waals surface area contributed by atoms with Gasteiger partial charge >= 0.3 is 0 Å². The molecular weight excluding hydrogens is 366 g/mol. The van der Waals surface area contributed by atoms with Gasteiger partial charge in [-0.05, 0) is 50.6 Å². The first-order chi connectivity index (χ1) is 14.1. The van der Waals surface area contributed by atoms with Crippen LogP contribution in [0.25, 0.3) is 11.5 Å². The molecule has 0 spiro atoms. The smallest absolute Gasteiger partial charge is 0.227 e. The number of benzene rings is 1. The number of rotatable bonds is 5. The zero-order valence-corrected chi connectivity index (χ0v) is 16.8. The highest BCUT2D eigenvalue weighted by Gasteiger charge is 2.25. The number of aromatic nitrogens is 3. The van der Waals surface area contributed by atoms with Crippen molar-refractivity contribution in [1.29, 1.82) is 0 Å². The fraction of sp³-hybridized carbons (Fsp3) is 0.273. The first-order valence-electron chi connectivity index (χ1n) is 9.59. The van der Waals surface area contributed by atoms with Crippen LogP contribution in [0.2, 0.25) is 0 Å². The maximum atomic E-state index is 12.2. The average Bonchev–Trinajstić information content (AvgIpc) is 3.17. The molecule has 0 atom stereocenters. The van der Waals surface area contributed by atoms with Crippen LogP contribution in [0.5, 0.6) is 5.75 Å². The lowest BCUT2D eigenvalue weighted by atomic mass is 10.2. The van der Waals surface area contributed by atoms with Crippen molar-refractivity contribution in [2.45, 2.75) is 26.7 Å². The topological polar surface area (TPSA) is 80.2 Å². The third-order valence-electron chi connectivity index (χ3n) is 5.09. The third-order valence-corrected chi connectivity index (χ3v) is 5.09. The van der Waals surface area contributed by atoms with Gasteiger partial charge in [0.15, 0.2) is 5.82 Å². The summed E-state index contributed by atoms with van der Waals surface area (Å²) in [5.74, 6) is 2.07. The van der Waals surface area contributed by atoms with Crippen LogP contribution in [0.3, 0.4) is 0 Å². The SMILES string of the molecule is COc1ccc(Nc2nc(-c3ccccn3)nc(C)c2C)cc1N1CCCC1=O. The minimum absolute atomic E-state index is 0.118. The molecule has 29 heavy (non-hydrogen) atoms. The summed E-state index contributed by atoms with van der Waals surface area (Å²) < 4.78 is 5.48. The maximum absolute atomic E-state index is 12.2. The van der Waals surface area contributed by atoms with Crippen LogP contribution in [0, 0.1) is 13.8 Å². The fourth-order valence-electron chi connectivity index (χ4n) is 3.38.